The maximum atomic E-state index is 11.8. The first kappa shape index (κ1) is 14.4. The largest absolute Gasteiger partial charge is 0.409 e. The molecule has 0 aliphatic carbocycles. The topological polar surface area (TPSA) is 143 Å². The number of ether oxygens (including phenoxy) is 1. The normalized spacial score (nSPS) is 10.2. The number of hydrogen-bond donors (Lipinski definition) is 3. The van der Waals surface area contributed by atoms with Crippen molar-refractivity contribution in [2.75, 3.05) is 5.32 Å². The first-order valence-corrected chi connectivity index (χ1v) is 5.99. The number of nitrogens with one attached hydrogen (secondary N) is 3. The summed E-state index contributed by atoms with van der Waals surface area (Å²) in [5.74, 6) is 0.772. The van der Waals surface area contributed by atoms with E-state index in [-0.39, 0.29) is 24.0 Å². The van der Waals surface area contributed by atoms with E-state index in [1.807, 2.05) is 11.9 Å². The van der Waals surface area contributed by atoms with Gasteiger partial charge in [0.1, 0.15) is 11.6 Å². The third kappa shape index (κ3) is 3.29. The average Bonchev–Trinajstić information content (AvgIpc) is 2.42. The molecule has 10 heteroatoms. The number of aromatic amines is 2. The van der Waals surface area contributed by atoms with Gasteiger partial charge in [0.2, 0.25) is 11.8 Å². The number of aromatic nitrogens is 5. The SMILES string of the molecule is CCc1nc(C)nc(Nc2c(OC=O)[nH]c(=O)[nH]c2=O)n1. The van der Waals surface area contributed by atoms with Gasteiger partial charge < -0.3 is 10.1 Å². The van der Waals surface area contributed by atoms with Gasteiger partial charge in [0, 0.05) is 6.42 Å². The maximum absolute atomic E-state index is 11.8. The quantitative estimate of drug-likeness (QED) is 0.620. The summed E-state index contributed by atoms with van der Waals surface area (Å²) in [5, 5.41) is 2.61. The summed E-state index contributed by atoms with van der Waals surface area (Å²) < 4.78 is 4.57. The van der Waals surface area contributed by atoms with Crippen LogP contribution in [0.5, 0.6) is 5.88 Å². The summed E-state index contributed by atoms with van der Waals surface area (Å²) in [7, 11) is 0. The Labute approximate surface area is 117 Å². The van der Waals surface area contributed by atoms with Gasteiger partial charge in [0.05, 0.1) is 0 Å². The van der Waals surface area contributed by atoms with Crippen LogP contribution in [0.2, 0.25) is 0 Å². The molecular weight excluding hydrogens is 280 g/mol. The summed E-state index contributed by atoms with van der Waals surface area (Å²) >= 11 is 0. The monoisotopic (exact) mass is 292 g/mol. The van der Waals surface area contributed by atoms with Crippen LogP contribution in [0.3, 0.4) is 0 Å². The van der Waals surface area contributed by atoms with Gasteiger partial charge in [-0.05, 0) is 6.92 Å². The van der Waals surface area contributed by atoms with Gasteiger partial charge in [-0.3, -0.25) is 19.6 Å². The molecule has 0 fully saturated rings. The molecule has 0 amide bonds. The molecule has 0 saturated carbocycles. The number of aryl methyl sites for hydroxylation is 2. The lowest BCUT2D eigenvalue weighted by Gasteiger charge is -2.08. The first-order chi connectivity index (χ1) is 10.0. The van der Waals surface area contributed by atoms with Crippen molar-refractivity contribution in [1.82, 2.24) is 24.9 Å². The third-order valence-electron chi connectivity index (χ3n) is 2.42. The van der Waals surface area contributed by atoms with Crippen LogP contribution in [0.4, 0.5) is 11.6 Å². The Hall–Kier alpha value is -3.04. The van der Waals surface area contributed by atoms with E-state index < -0.39 is 11.2 Å². The second-order valence-corrected chi connectivity index (χ2v) is 3.93. The minimum absolute atomic E-state index is 0.0893. The smallest absolute Gasteiger partial charge is 0.328 e. The molecule has 10 nitrogen and oxygen atoms in total. The fourth-order valence-electron chi connectivity index (χ4n) is 1.58. The molecule has 3 N–H and O–H groups in total. The van der Waals surface area contributed by atoms with Crippen LogP contribution in [0.1, 0.15) is 18.6 Å². The van der Waals surface area contributed by atoms with Gasteiger partial charge in [-0.1, -0.05) is 6.92 Å². The van der Waals surface area contributed by atoms with E-state index in [2.05, 4.69) is 30.0 Å². The second-order valence-electron chi connectivity index (χ2n) is 3.93. The van der Waals surface area contributed by atoms with Crippen molar-refractivity contribution in [3.63, 3.8) is 0 Å². The van der Waals surface area contributed by atoms with Crippen LogP contribution in [-0.2, 0) is 11.2 Å². The van der Waals surface area contributed by atoms with Gasteiger partial charge in [-0.25, -0.2) is 9.78 Å². The van der Waals surface area contributed by atoms with E-state index in [9.17, 15) is 14.4 Å². The molecule has 2 rings (SSSR count). The first-order valence-electron chi connectivity index (χ1n) is 5.99. The minimum Gasteiger partial charge on any atom is -0.409 e. The summed E-state index contributed by atoms with van der Waals surface area (Å²) in [6.07, 6.45) is 0.581. The molecule has 0 spiro atoms. The molecule has 110 valence electrons. The molecule has 0 unspecified atom stereocenters. The van der Waals surface area contributed by atoms with Crippen molar-refractivity contribution in [3.05, 3.63) is 32.5 Å². The average molecular weight is 292 g/mol. The maximum Gasteiger partial charge on any atom is 0.328 e. The Morgan fingerprint density at radius 2 is 2.00 bits per heavy atom. The lowest BCUT2D eigenvalue weighted by molar-refractivity contribution is -0.120. The molecule has 21 heavy (non-hydrogen) atoms. The number of carbonyl (C=O) groups is 1. The molecule has 0 radical (unpaired) electrons. The molecule has 0 saturated heterocycles. The molecule has 2 aromatic rings. The van der Waals surface area contributed by atoms with Crippen molar-refractivity contribution >= 4 is 18.1 Å². The highest BCUT2D eigenvalue weighted by Gasteiger charge is 2.13. The van der Waals surface area contributed by atoms with E-state index in [1.165, 1.54) is 0 Å². The highest BCUT2D eigenvalue weighted by molar-refractivity contribution is 5.61. The van der Waals surface area contributed by atoms with Crippen molar-refractivity contribution in [2.24, 2.45) is 0 Å². The Morgan fingerprint density at radius 3 is 2.67 bits per heavy atom. The molecule has 2 aromatic heterocycles. The van der Waals surface area contributed by atoms with Gasteiger partial charge in [0.25, 0.3) is 12.0 Å². The number of nitrogens with zero attached hydrogens (tertiary/aromatic N) is 3. The number of hydrogen-bond acceptors (Lipinski definition) is 8. The zero-order valence-electron chi connectivity index (χ0n) is 11.3. The van der Waals surface area contributed by atoms with Crippen molar-refractivity contribution in [1.29, 1.82) is 0 Å². The number of anilines is 2. The van der Waals surface area contributed by atoms with Crippen LogP contribution in [-0.4, -0.2) is 31.4 Å². The van der Waals surface area contributed by atoms with Crippen molar-refractivity contribution in [2.45, 2.75) is 20.3 Å². The Kier molecular flexibility index (Phi) is 4.07. The molecule has 2 heterocycles. The lowest BCUT2D eigenvalue weighted by Crippen LogP contribution is -2.25. The van der Waals surface area contributed by atoms with E-state index in [4.69, 9.17) is 0 Å². The van der Waals surface area contributed by atoms with Gasteiger partial charge in [-0.15, -0.1) is 0 Å². The predicted molar refractivity (Wildman–Crippen MR) is 71.6 cm³/mol. The van der Waals surface area contributed by atoms with Crippen molar-refractivity contribution < 1.29 is 9.53 Å². The molecule has 0 aliphatic heterocycles. The Bertz CT molecular complexity index is 781. The summed E-state index contributed by atoms with van der Waals surface area (Å²) in [6, 6.07) is 0. The summed E-state index contributed by atoms with van der Waals surface area (Å²) in [4.78, 5) is 49.8. The zero-order valence-corrected chi connectivity index (χ0v) is 11.3. The summed E-state index contributed by atoms with van der Waals surface area (Å²) in [5.41, 5.74) is -1.76. The van der Waals surface area contributed by atoms with Crippen LogP contribution >= 0.6 is 0 Å². The van der Waals surface area contributed by atoms with E-state index in [0.29, 0.717) is 18.1 Å². The fraction of sp³-hybridized carbons (Fsp3) is 0.273. The van der Waals surface area contributed by atoms with E-state index >= 15 is 0 Å². The van der Waals surface area contributed by atoms with Crippen LogP contribution < -0.4 is 21.3 Å². The molecule has 0 atom stereocenters. The lowest BCUT2D eigenvalue weighted by atomic mass is 10.4. The zero-order chi connectivity index (χ0) is 15.4. The van der Waals surface area contributed by atoms with Crippen LogP contribution in [0.15, 0.2) is 9.59 Å². The minimum atomic E-state index is -0.802. The van der Waals surface area contributed by atoms with Gasteiger partial charge >= 0.3 is 5.69 Å². The standard InChI is InChI=1S/C11H12N6O4/c1-3-6-12-5(2)13-10(14-6)15-7-8(19)16-11(20)17-9(7)21-4-18/h4H,3H2,1-2H3,(H,12,13,14,15)(H2,16,17,19,20). The van der Waals surface area contributed by atoms with E-state index in [0.717, 1.165) is 0 Å². The second kappa shape index (κ2) is 5.94. The summed E-state index contributed by atoms with van der Waals surface area (Å²) in [6.45, 7) is 3.63. The molecule has 0 aromatic carbocycles. The Morgan fingerprint density at radius 1 is 1.24 bits per heavy atom. The highest BCUT2D eigenvalue weighted by atomic mass is 16.5. The fourth-order valence-corrected chi connectivity index (χ4v) is 1.58. The third-order valence-corrected chi connectivity index (χ3v) is 2.42. The van der Waals surface area contributed by atoms with Gasteiger partial charge in [-0.2, -0.15) is 9.97 Å². The van der Waals surface area contributed by atoms with Crippen LogP contribution in [0, 0.1) is 6.92 Å². The van der Waals surface area contributed by atoms with Crippen molar-refractivity contribution in [3.8, 4) is 5.88 Å². The highest BCUT2D eigenvalue weighted by Crippen LogP contribution is 2.17. The van der Waals surface area contributed by atoms with E-state index in [1.54, 1.807) is 6.92 Å². The Balaban J connectivity index is 2.48. The van der Waals surface area contributed by atoms with Gasteiger partial charge in [0.15, 0.2) is 5.69 Å². The molecule has 0 bridgehead atoms. The number of rotatable bonds is 5. The number of H-pyrrole nitrogens is 2. The predicted octanol–water partition coefficient (Wildman–Crippen LogP) is -0.602. The molecule has 0 aliphatic rings. The number of carbonyl (C=O) groups excluding carboxylic acids is 1. The molecular formula is C11H12N6O4. The van der Waals surface area contributed by atoms with Crippen LogP contribution in [0.25, 0.3) is 0 Å².